The van der Waals surface area contributed by atoms with Gasteiger partial charge in [-0.3, -0.25) is 0 Å². The van der Waals surface area contributed by atoms with Crippen LogP contribution in [0.25, 0.3) is 27.3 Å². The maximum atomic E-state index is 6.30. The van der Waals surface area contributed by atoms with Crippen LogP contribution in [0.3, 0.4) is 0 Å². The zero-order valence-electron chi connectivity index (χ0n) is 12.2. The van der Waals surface area contributed by atoms with E-state index in [2.05, 4.69) is 23.9 Å². The number of hydrogen-bond acceptors (Lipinski definition) is 4. The number of halogens is 1. The van der Waals surface area contributed by atoms with Gasteiger partial charge in [0, 0.05) is 10.4 Å². The van der Waals surface area contributed by atoms with E-state index >= 15 is 0 Å². The zero-order valence-corrected chi connectivity index (χ0v) is 13.7. The van der Waals surface area contributed by atoms with Crippen molar-refractivity contribution in [3.05, 3.63) is 46.1 Å². The van der Waals surface area contributed by atoms with Gasteiger partial charge in [0.1, 0.15) is 4.83 Å². The first kappa shape index (κ1) is 13.7. The van der Waals surface area contributed by atoms with E-state index in [1.807, 2.05) is 30.3 Å². The summed E-state index contributed by atoms with van der Waals surface area (Å²) < 4.78 is 1.64. The first-order valence-electron chi connectivity index (χ1n) is 7.08. The lowest BCUT2D eigenvalue weighted by Gasteiger charge is -1.99. The zero-order chi connectivity index (χ0) is 15.3. The van der Waals surface area contributed by atoms with Gasteiger partial charge in [-0.1, -0.05) is 37.3 Å². The Labute approximate surface area is 136 Å². The summed E-state index contributed by atoms with van der Waals surface area (Å²) in [6.45, 7) is 4.26. The molecule has 22 heavy (non-hydrogen) atoms. The second-order valence-electron chi connectivity index (χ2n) is 5.09. The number of aryl methyl sites for hydroxylation is 2. The molecule has 0 spiro atoms. The molecule has 0 saturated heterocycles. The van der Waals surface area contributed by atoms with Crippen LogP contribution in [0.2, 0.25) is 5.28 Å². The van der Waals surface area contributed by atoms with Crippen molar-refractivity contribution in [2.75, 3.05) is 0 Å². The van der Waals surface area contributed by atoms with Crippen molar-refractivity contribution in [1.29, 1.82) is 0 Å². The molecule has 3 heterocycles. The van der Waals surface area contributed by atoms with E-state index in [0.717, 1.165) is 27.8 Å². The molecule has 0 N–H and O–H groups in total. The first-order valence-corrected chi connectivity index (χ1v) is 8.28. The summed E-state index contributed by atoms with van der Waals surface area (Å²) in [5.41, 5.74) is 3.04. The Kier molecular flexibility index (Phi) is 3.13. The smallest absolute Gasteiger partial charge is 0.207 e. The number of rotatable bonds is 2. The van der Waals surface area contributed by atoms with Crippen molar-refractivity contribution in [1.82, 2.24) is 19.6 Å². The highest BCUT2D eigenvalue weighted by molar-refractivity contribution is 7.18. The first-order chi connectivity index (χ1) is 10.7. The largest absolute Gasteiger partial charge is 0.227 e. The van der Waals surface area contributed by atoms with E-state index in [4.69, 9.17) is 16.6 Å². The Morgan fingerprint density at radius 1 is 1.18 bits per heavy atom. The molecule has 0 radical (unpaired) electrons. The predicted molar refractivity (Wildman–Crippen MR) is 90.7 cm³/mol. The summed E-state index contributed by atoms with van der Waals surface area (Å²) in [7, 11) is 0. The van der Waals surface area contributed by atoms with Crippen LogP contribution in [-0.2, 0) is 6.42 Å². The molecule has 0 bridgehead atoms. The second kappa shape index (κ2) is 5.04. The SMILES string of the molecule is CCc1c(C)sc2nc(Cl)n3nc(-c4ccccc4)nc3c12. The van der Waals surface area contributed by atoms with Crippen LogP contribution >= 0.6 is 22.9 Å². The number of hydrogen-bond donors (Lipinski definition) is 0. The van der Waals surface area contributed by atoms with Crippen LogP contribution in [0.15, 0.2) is 30.3 Å². The third-order valence-corrected chi connectivity index (χ3v) is 5.06. The lowest BCUT2D eigenvalue weighted by atomic mass is 10.1. The Morgan fingerprint density at radius 3 is 2.68 bits per heavy atom. The molecule has 0 aliphatic rings. The fourth-order valence-corrected chi connectivity index (χ4v) is 4.10. The van der Waals surface area contributed by atoms with Gasteiger partial charge in [-0.25, -0.2) is 9.97 Å². The topological polar surface area (TPSA) is 43.1 Å². The standard InChI is InChI=1S/C16H13ClN4S/c1-3-11-9(2)22-15-12(11)14-18-13(10-7-5-4-6-8-10)20-21(14)16(17)19-15/h4-8H,3H2,1-2H3. The molecule has 110 valence electrons. The van der Waals surface area contributed by atoms with E-state index in [9.17, 15) is 0 Å². The van der Waals surface area contributed by atoms with E-state index in [0.29, 0.717) is 11.1 Å². The molecule has 0 unspecified atom stereocenters. The summed E-state index contributed by atoms with van der Waals surface area (Å²) in [5, 5.41) is 5.95. The van der Waals surface area contributed by atoms with Crippen LogP contribution < -0.4 is 0 Å². The van der Waals surface area contributed by atoms with Crippen molar-refractivity contribution in [3.63, 3.8) is 0 Å². The Bertz CT molecular complexity index is 988. The number of benzene rings is 1. The third kappa shape index (κ3) is 1.93. The van der Waals surface area contributed by atoms with Gasteiger partial charge in [-0.15, -0.1) is 16.4 Å². The molecule has 0 atom stereocenters. The van der Waals surface area contributed by atoms with Gasteiger partial charge in [0.05, 0.1) is 5.39 Å². The molecule has 0 saturated carbocycles. The maximum absolute atomic E-state index is 6.30. The molecule has 0 amide bonds. The van der Waals surface area contributed by atoms with Gasteiger partial charge in [0.2, 0.25) is 5.28 Å². The summed E-state index contributed by atoms with van der Waals surface area (Å²) in [6.07, 6.45) is 0.943. The van der Waals surface area contributed by atoms with E-state index in [1.165, 1.54) is 10.4 Å². The monoisotopic (exact) mass is 328 g/mol. The lowest BCUT2D eigenvalue weighted by Crippen LogP contribution is -1.94. The van der Waals surface area contributed by atoms with Crippen molar-refractivity contribution < 1.29 is 0 Å². The Hall–Kier alpha value is -1.98. The van der Waals surface area contributed by atoms with Crippen molar-refractivity contribution in [3.8, 4) is 11.4 Å². The molecule has 4 aromatic rings. The fraction of sp³-hybridized carbons (Fsp3) is 0.188. The van der Waals surface area contributed by atoms with E-state index in [-0.39, 0.29) is 0 Å². The average molecular weight is 329 g/mol. The van der Waals surface area contributed by atoms with Crippen molar-refractivity contribution in [2.45, 2.75) is 20.3 Å². The quantitative estimate of drug-likeness (QED) is 0.508. The number of aromatic nitrogens is 4. The lowest BCUT2D eigenvalue weighted by molar-refractivity contribution is 0.940. The van der Waals surface area contributed by atoms with Crippen molar-refractivity contribution in [2.24, 2.45) is 0 Å². The molecule has 1 aromatic carbocycles. The molecule has 4 rings (SSSR count). The third-order valence-electron chi connectivity index (χ3n) is 3.78. The molecule has 4 nitrogen and oxygen atoms in total. The van der Waals surface area contributed by atoms with Gasteiger partial charge in [-0.05, 0) is 30.5 Å². The highest BCUT2D eigenvalue weighted by Gasteiger charge is 2.18. The molecule has 6 heteroatoms. The van der Waals surface area contributed by atoms with Gasteiger partial charge < -0.3 is 0 Å². The fourth-order valence-electron chi connectivity index (χ4n) is 2.74. The van der Waals surface area contributed by atoms with E-state index in [1.54, 1.807) is 15.9 Å². The maximum Gasteiger partial charge on any atom is 0.227 e. The number of fused-ring (bicyclic) bond motifs is 3. The Balaban J connectivity index is 2.10. The number of nitrogens with zero attached hydrogens (tertiary/aromatic N) is 4. The van der Waals surface area contributed by atoms with Gasteiger partial charge >= 0.3 is 0 Å². The van der Waals surface area contributed by atoms with Crippen LogP contribution in [0.5, 0.6) is 0 Å². The minimum atomic E-state index is 0.348. The molecule has 0 fully saturated rings. The van der Waals surface area contributed by atoms with Crippen LogP contribution in [0, 0.1) is 6.92 Å². The summed E-state index contributed by atoms with van der Waals surface area (Å²) >= 11 is 7.96. The van der Waals surface area contributed by atoms with Crippen LogP contribution in [-0.4, -0.2) is 19.6 Å². The minimum Gasteiger partial charge on any atom is -0.207 e. The molecule has 3 aromatic heterocycles. The van der Waals surface area contributed by atoms with Gasteiger partial charge in [0.15, 0.2) is 11.5 Å². The van der Waals surface area contributed by atoms with Crippen molar-refractivity contribution >= 4 is 38.8 Å². The highest BCUT2D eigenvalue weighted by atomic mass is 35.5. The second-order valence-corrected chi connectivity index (χ2v) is 6.63. The molecular weight excluding hydrogens is 316 g/mol. The Morgan fingerprint density at radius 2 is 1.95 bits per heavy atom. The molecular formula is C16H13ClN4S. The summed E-state index contributed by atoms with van der Waals surface area (Å²) in [6, 6.07) is 9.91. The summed E-state index contributed by atoms with van der Waals surface area (Å²) in [5.74, 6) is 0.669. The predicted octanol–water partition coefficient (Wildman–Crippen LogP) is 4.53. The summed E-state index contributed by atoms with van der Waals surface area (Å²) in [4.78, 5) is 11.4. The van der Waals surface area contributed by atoms with E-state index < -0.39 is 0 Å². The number of thiophene rings is 1. The average Bonchev–Trinajstić information content (AvgIpc) is 3.09. The van der Waals surface area contributed by atoms with Crippen LogP contribution in [0.4, 0.5) is 0 Å². The molecule has 0 aliphatic heterocycles. The normalized spacial score (nSPS) is 11.6. The van der Waals surface area contributed by atoms with Crippen LogP contribution in [0.1, 0.15) is 17.4 Å². The van der Waals surface area contributed by atoms with Gasteiger partial charge in [0.25, 0.3) is 0 Å². The molecule has 0 aliphatic carbocycles. The highest BCUT2D eigenvalue weighted by Crippen LogP contribution is 2.34. The van der Waals surface area contributed by atoms with Gasteiger partial charge in [-0.2, -0.15) is 4.52 Å². The minimum absolute atomic E-state index is 0.348.